The van der Waals surface area contributed by atoms with Crippen LogP contribution in [0, 0.1) is 0 Å². The standard InChI is InChI=1S/C23H19ClN2O2/c1-13(27)12-26-21-7-6-14(28)8-17(21)23-19-11-25-10-18(19)16(9-22(23)26)15-4-2-3-5-20(15)24/h2-11,13,25,27-28H,12H2,1H3. The zero-order chi connectivity index (χ0) is 19.4. The van der Waals surface area contributed by atoms with Crippen molar-refractivity contribution in [3.63, 3.8) is 0 Å². The molecule has 0 bridgehead atoms. The summed E-state index contributed by atoms with van der Waals surface area (Å²) in [7, 11) is 0. The van der Waals surface area contributed by atoms with Gasteiger partial charge in [0.2, 0.25) is 0 Å². The minimum Gasteiger partial charge on any atom is -0.508 e. The summed E-state index contributed by atoms with van der Waals surface area (Å²) in [6, 6.07) is 15.3. The van der Waals surface area contributed by atoms with Gasteiger partial charge in [0.25, 0.3) is 0 Å². The number of phenolic OH excluding ortho intramolecular Hbond substituents is 1. The Hall–Kier alpha value is -2.95. The number of hydrogen-bond donors (Lipinski definition) is 3. The summed E-state index contributed by atoms with van der Waals surface area (Å²) in [6.45, 7) is 2.24. The van der Waals surface area contributed by atoms with E-state index < -0.39 is 6.10 Å². The first-order valence-corrected chi connectivity index (χ1v) is 9.60. The lowest BCUT2D eigenvalue weighted by Crippen LogP contribution is -2.11. The fourth-order valence-electron chi connectivity index (χ4n) is 4.17. The van der Waals surface area contributed by atoms with E-state index in [0.29, 0.717) is 11.6 Å². The molecule has 3 aromatic carbocycles. The summed E-state index contributed by atoms with van der Waals surface area (Å²) >= 11 is 6.51. The molecular formula is C23H19ClN2O2. The van der Waals surface area contributed by atoms with Gasteiger partial charge < -0.3 is 19.8 Å². The molecule has 4 nitrogen and oxygen atoms in total. The molecular weight excluding hydrogens is 372 g/mol. The van der Waals surface area contributed by atoms with Gasteiger partial charge >= 0.3 is 0 Å². The van der Waals surface area contributed by atoms with Gasteiger partial charge in [-0.25, -0.2) is 0 Å². The predicted octanol–water partition coefficient (Wildman–Crippen LogP) is 5.68. The lowest BCUT2D eigenvalue weighted by Gasteiger charge is -2.12. The van der Waals surface area contributed by atoms with Crippen molar-refractivity contribution in [1.29, 1.82) is 0 Å². The number of aromatic hydroxyl groups is 1. The van der Waals surface area contributed by atoms with Crippen molar-refractivity contribution in [2.75, 3.05) is 0 Å². The number of aromatic amines is 1. The van der Waals surface area contributed by atoms with Crippen LogP contribution in [-0.4, -0.2) is 25.9 Å². The van der Waals surface area contributed by atoms with Gasteiger partial charge in [0.15, 0.2) is 0 Å². The van der Waals surface area contributed by atoms with E-state index in [1.54, 1.807) is 19.1 Å². The zero-order valence-corrected chi connectivity index (χ0v) is 16.0. The fraction of sp³-hybridized carbons (Fsp3) is 0.130. The Balaban J connectivity index is 1.98. The number of H-pyrrole nitrogens is 1. The van der Waals surface area contributed by atoms with Crippen molar-refractivity contribution in [1.82, 2.24) is 9.55 Å². The van der Waals surface area contributed by atoms with Gasteiger partial charge in [-0.05, 0) is 42.8 Å². The zero-order valence-electron chi connectivity index (χ0n) is 15.3. The van der Waals surface area contributed by atoms with Gasteiger partial charge in [0, 0.05) is 56.6 Å². The summed E-state index contributed by atoms with van der Waals surface area (Å²) in [5, 5.41) is 25.0. The molecule has 0 amide bonds. The van der Waals surface area contributed by atoms with Gasteiger partial charge in [-0.1, -0.05) is 29.8 Å². The van der Waals surface area contributed by atoms with E-state index in [0.717, 1.165) is 43.7 Å². The molecule has 0 saturated heterocycles. The molecule has 28 heavy (non-hydrogen) atoms. The maximum atomic E-state index is 10.1. The SMILES string of the molecule is CC(O)Cn1c2ccc(O)cc2c2c3c[nH]cc3c(-c3ccccc3Cl)cc21. The Bertz CT molecular complexity index is 1350. The molecule has 0 radical (unpaired) electrons. The van der Waals surface area contributed by atoms with Gasteiger partial charge in [0.05, 0.1) is 11.6 Å². The lowest BCUT2D eigenvalue weighted by molar-refractivity contribution is 0.176. The fourth-order valence-corrected chi connectivity index (χ4v) is 4.40. The van der Waals surface area contributed by atoms with Crippen LogP contribution in [0.1, 0.15) is 6.92 Å². The van der Waals surface area contributed by atoms with E-state index in [1.807, 2.05) is 42.7 Å². The van der Waals surface area contributed by atoms with Crippen molar-refractivity contribution in [3.8, 4) is 16.9 Å². The molecule has 1 unspecified atom stereocenters. The highest BCUT2D eigenvalue weighted by molar-refractivity contribution is 6.34. The number of aliphatic hydroxyl groups excluding tert-OH is 1. The van der Waals surface area contributed by atoms with Crippen LogP contribution in [0.3, 0.4) is 0 Å². The summed E-state index contributed by atoms with van der Waals surface area (Å²) in [5.41, 5.74) is 3.98. The highest BCUT2D eigenvalue weighted by Crippen LogP contribution is 2.42. The van der Waals surface area contributed by atoms with Crippen molar-refractivity contribution >= 4 is 44.2 Å². The minimum absolute atomic E-state index is 0.225. The number of benzene rings is 3. The Morgan fingerprint density at radius 3 is 2.54 bits per heavy atom. The maximum Gasteiger partial charge on any atom is 0.116 e. The third-order valence-corrected chi connectivity index (χ3v) is 5.61. The quantitative estimate of drug-likeness (QED) is 0.371. The number of rotatable bonds is 3. The summed E-state index contributed by atoms with van der Waals surface area (Å²) in [5.74, 6) is 0.225. The largest absolute Gasteiger partial charge is 0.508 e. The molecule has 2 aromatic heterocycles. The van der Waals surface area contributed by atoms with Crippen molar-refractivity contribution in [2.24, 2.45) is 0 Å². The number of aromatic nitrogens is 2. The second-order valence-electron chi connectivity index (χ2n) is 7.24. The number of nitrogens with one attached hydrogen (secondary N) is 1. The minimum atomic E-state index is -0.502. The molecule has 1 atom stereocenters. The van der Waals surface area contributed by atoms with E-state index >= 15 is 0 Å². The van der Waals surface area contributed by atoms with Crippen LogP contribution < -0.4 is 0 Å². The third-order valence-electron chi connectivity index (χ3n) is 5.28. The number of nitrogens with zero attached hydrogens (tertiary/aromatic N) is 1. The molecule has 3 N–H and O–H groups in total. The number of aliphatic hydroxyl groups is 1. The van der Waals surface area contributed by atoms with Crippen molar-refractivity contribution in [2.45, 2.75) is 19.6 Å². The summed E-state index contributed by atoms with van der Waals surface area (Å²) in [4.78, 5) is 3.22. The van der Waals surface area contributed by atoms with Gasteiger partial charge in [-0.2, -0.15) is 0 Å². The molecule has 140 valence electrons. The highest BCUT2D eigenvalue weighted by atomic mass is 35.5. The first kappa shape index (κ1) is 17.2. The second kappa shape index (κ2) is 6.30. The van der Waals surface area contributed by atoms with Gasteiger partial charge in [0.1, 0.15) is 5.75 Å². The Labute approximate surface area is 166 Å². The average molecular weight is 391 g/mol. The highest BCUT2D eigenvalue weighted by Gasteiger charge is 2.19. The maximum absolute atomic E-state index is 10.1. The molecule has 5 aromatic rings. The molecule has 0 fully saturated rings. The second-order valence-corrected chi connectivity index (χ2v) is 7.65. The third kappa shape index (κ3) is 2.49. The number of fused-ring (bicyclic) bond motifs is 5. The van der Waals surface area contributed by atoms with Crippen LogP contribution in [0.25, 0.3) is 43.7 Å². The molecule has 2 heterocycles. The van der Waals surface area contributed by atoms with Crippen LogP contribution in [0.2, 0.25) is 5.02 Å². The van der Waals surface area contributed by atoms with Crippen LogP contribution >= 0.6 is 11.6 Å². The summed E-state index contributed by atoms with van der Waals surface area (Å²) < 4.78 is 2.11. The van der Waals surface area contributed by atoms with Crippen molar-refractivity contribution < 1.29 is 10.2 Å². The van der Waals surface area contributed by atoms with Crippen LogP contribution in [0.15, 0.2) is 60.9 Å². The molecule has 0 saturated carbocycles. The first-order valence-electron chi connectivity index (χ1n) is 9.22. The van der Waals surface area contributed by atoms with E-state index in [1.165, 1.54) is 0 Å². The van der Waals surface area contributed by atoms with E-state index in [9.17, 15) is 10.2 Å². The van der Waals surface area contributed by atoms with E-state index in [4.69, 9.17) is 11.6 Å². The van der Waals surface area contributed by atoms with Gasteiger partial charge in [-0.15, -0.1) is 0 Å². The lowest BCUT2D eigenvalue weighted by atomic mass is 9.97. The topological polar surface area (TPSA) is 61.2 Å². The molecule has 0 aliphatic rings. The summed E-state index contributed by atoms with van der Waals surface area (Å²) in [6.07, 6.45) is 3.46. The van der Waals surface area contributed by atoms with Crippen molar-refractivity contribution in [3.05, 3.63) is 65.9 Å². The molecule has 0 spiro atoms. The van der Waals surface area contributed by atoms with E-state index in [2.05, 4.69) is 15.6 Å². The number of halogens is 1. The number of phenols is 1. The predicted molar refractivity (Wildman–Crippen MR) is 115 cm³/mol. The van der Waals surface area contributed by atoms with Crippen LogP contribution in [0.5, 0.6) is 5.75 Å². The number of hydrogen-bond acceptors (Lipinski definition) is 2. The van der Waals surface area contributed by atoms with Crippen LogP contribution in [0.4, 0.5) is 0 Å². The van der Waals surface area contributed by atoms with E-state index in [-0.39, 0.29) is 5.75 Å². The Morgan fingerprint density at radius 1 is 0.964 bits per heavy atom. The molecule has 5 heteroatoms. The van der Waals surface area contributed by atoms with Crippen LogP contribution in [-0.2, 0) is 6.54 Å². The average Bonchev–Trinajstić information content (AvgIpc) is 3.25. The van der Waals surface area contributed by atoms with Gasteiger partial charge in [-0.3, -0.25) is 0 Å². The monoisotopic (exact) mass is 390 g/mol. The Kier molecular flexibility index (Phi) is 3.86. The molecule has 0 aliphatic carbocycles. The first-order chi connectivity index (χ1) is 13.5. The normalized spacial score (nSPS) is 13.0. The molecule has 0 aliphatic heterocycles. The Morgan fingerprint density at radius 2 is 1.75 bits per heavy atom. The molecule has 5 rings (SSSR count). The smallest absolute Gasteiger partial charge is 0.116 e.